The summed E-state index contributed by atoms with van der Waals surface area (Å²) in [6, 6.07) is 13.3. The van der Waals surface area contributed by atoms with E-state index in [1.54, 1.807) is 36.4 Å². The summed E-state index contributed by atoms with van der Waals surface area (Å²) >= 11 is 0. The molecule has 0 heterocycles. The monoisotopic (exact) mass is 325 g/mol. The highest BCUT2D eigenvalue weighted by Gasteiger charge is 2.05. The minimum Gasteiger partial charge on any atom is -0.504 e. The van der Waals surface area contributed by atoms with Crippen molar-refractivity contribution in [2.24, 2.45) is 5.10 Å². The van der Waals surface area contributed by atoms with Gasteiger partial charge in [-0.3, -0.25) is 4.79 Å². The zero-order chi connectivity index (χ0) is 17.4. The average Bonchev–Trinajstić information content (AvgIpc) is 2.60. The Labute approximate surface area is 138 Å². The Morgan fingerprint density at radius 3 is 2.83 bits per heavy atom. The largest absolute Gasteiger partial charge is 0.504 e. The van der Waals surface area contributed by atoms with E-state index in [-0.39, 0.29) is 12.4 Å². The number of phenols is 1. The molecule has 0 saturated heterocycles. The van der Waals surface area contributed by atoms with Gasteiger partial charge in [0, 0.05) is 0 Å². The van der Waals surface area contributed by atoms with Crippen molar-refractivity contribution in [3.05, 3.63) is 53.6 Å². The van der Waals surface area contributed by atoms with E-state index in [1.807, 2.05) is 6.07 Å². The van der Waals surface area contributed by atoms with Gasteiger partial charge in [0.15, 0.2) is 18.1 Å². The lowest BCUT2D eigenvalue weighted by Gasteiger charge is -2.06. The molecule has 7 nitrogen and oxygen atoms in total. The minimum atomic E-state index is -0.475. The molecule has 0 spiro atoms. The van der Waals surface area contributed by atoms with Crippen LogP contribution in [0, 0.1) is 11.3 Å². The molecule has 2 N–H and O–H groups in total. The molecule has 0 saturated carbocycles. The molecule has 2 aromatic rings. The maximum atomic E-state index is 11.7. The summed E-state index contributed by atoms with van der Waals surface area (Å²) in [4.78, 5) is 11.7. The van der Waals surface area contributed by atoms with Crippen LogP contribution in [0.15, 0.2) is 47.6 Å². The smallest absolute Gasteiger partial charge is 0.277 e. The maximum Gasteiger partial charge on any atom is 0.277 e. The number of carbonyl (C=O) groups is 1. The summed E-state index contributed by atoms with van der Waals surface area (Å²) in [5.41, 5.74) is 3.23. The molecule has 0 unspecified atom stereocenters. The number of benzene rings is 2. The minimum absolute atomic E-state index is 0.0239. The van der Waals surface area contributed by atoms with E-state index in [0.717, 1.165) is 0 Å². The van der Waals surface area contributed by atoms with Gasteiger partial charge >= 0.3 is 0 Å². The summed E-state index contributed by atoms with van der Waals surface area (Å²) < 4.78 is 10.2. The van der Waals surface area contributed by atoms with Crippen molar-refractivity contribution in [2.45, 2.75) is 0 Å². The predicted octanol–water partition coefficient (Wildman–Crippen LogP) is 1.80. The first-order valence-corrected chi connectivity index (χ1v) is 6.95. The van der Waals surface area contributed by atoms with Crippen LogP contribution in [0.2, 0.25) is 0 Å². The van der Waals surface area contributed by atoms with Crippen LogP contribution in [0.25, 0.3) is 0 Å². The highest BCUT2D eigenvalue weighted by Crippen LogP contribution is 2.25. The first kappa shape index (κ1) is 16.8. The highest BCUT2D eigenvalue weighted by atomic mass is 16.5. The SMILES string of the molecule is COc1ccc(/C=N/NC(=O)COc2ccccc2C#N)cc1O. The number of aromatic hydroxyl groups is 1. The Kier molecular flexibility index (Phi) is 5.75. The molecule has 122 valence electrons. The van der Waals surface area contributed by atoms with Crippen LogP contribution in [-0.4, -0.2) is 30.9 Å². The summed E-state index contributed by atoms with van der Waals surface area (Å²) in [5.74, 6) is 0.181. The first-order chi connectivity index (χ1) is 11.6. The Bertz CT molecular complexity index is 797. The summed E-state index contributed by atoms with van der Waals surface area (Å²) in [6.07, 6.45) is 1.38. The molecule has 0 radical (unpaired) electrons. The van der Waals surface area contributed by atoms with Crippen LogP contribution in [0.5, 0.6) is 17.2 Å². The zero-order valence-electron chi connectivity index (χ0n) is 12.9. The van der Waals surface area contributed by atoms with Crippen molar-refractivity contribution in [3.63, 3.8) is 0 Å². The molecule has 0 aliphatic rings. The van der Waals surface area contributed by atoms with E-state index in [1.165, 1.54) is 19.4 Å². The van der Waals surface area contributed by atoms with Gasteiger partial charge in [-0.25, -0.2) is 5.43 Å². The molecule has 0 aliphatic heterocycles. The Balaban J connectivity index is 1.87. The number of para-hydroxylation sites is 1. The lowest BCUT2D eigenvalue weighted by Crippen LogP contribution is -2.24. The molecule has 7 heteroatoms. The van der Waals surface area contributed by atoms with E-state index >= 15 is 0 Å². The number of rotatable bonds is 6. The number of nitrogens with zero attached hydrogens (tertiary/aromatic N) is 2. The molecule has 2 rings (SSSR count). The number of ether oxygens (including phenoxy) is 2. The molecule has 0 bridgehead atoms. The van der Waals surface area contributed by atoms with E-state index in [9.17, 15) is 9.90 Å². The van der Waals surface area contributed by atoms with Crippen LogP contribution in [0.1, 0.15) is 11.1 Å². The van der Waals surface area contributed by atoms with Gasteiger partial charge in [-0.2, -0.15) is 10.4 Å². The van der Waals surface area contributed by atoms with Gasteiger partial charge < -0.3 is 14.6 Å². The zero-order valence-corrected chi connectivity index (χ0v) is 12.9. The van der Waals surface area contributed by atoms with Crippen LogP contribution in [0.3, 0.4) is 0 Å². The molecular weight excluding hydrogens is 310 g/mol. The third kappa shape index (κ3) is 4.48. The van der Waals surface area contributed by atoms with Crippen molar-refractivity contribution in [1.29, 1.82) is 5.26 Å². The fourth-order valence-corrected chi connectivity index (χ4v) is 1.83. The standard InChI is InChI=1S/C17H15N3O4/c1-23-16-7-6-12(8-14(16)21)10-19-20-17(22)11-24-15-5-3-2-4-13(15)9-18/h2-8,10,21H,11H2,1H3,(H,20,22)/b19-10+. The second-order valence-electron chi connectivity index (χ2n) is 4.62. The molecular formula is C17H15N3O4. The fourth-order valence-electron chi connectivity index (χ4n) is 1.83. The lowest BCUT2D eigenvalue weighted by atomic mass is 10.2. The molecule has 0 fully saturated rings. The Hall–Kier alpha value is -3.53. The number of hydrogen-bond donors (Lipinski definition) is 2. The molecule has 0 atom stereocenters. The van der Waals surface area contributed by atoms with Crippen LogP contribution in [-0.2, 0) is 4.79 Å². The summed E-state index contributed by atoms with van der Waals surface area (Å²) in [7, 11) is 1.45. The highest BCUT2D eigenvalue weighted by molar-refractivity contribution is 5.83. The molecule has 0 aliphatic carbocycles. The van der Waals surface area contributed by atoms with Gasteiger partial charge in [0.25, 0.3) is 5.91 Å². The third-order valence-electron chi connectivity index (χ3n) is 2.97. The molecule has 2 aromatic carbocycles. The molecule has 24 heavy (non-hydrogen) atoms. The second-order valence-corrected chi connectivity index (χ2v) is 4.62. The van der Waals surface area contributed by atoms with Crippen LogP contribution < -0.4 is 14.9 Å². The Morgan fingerprint density at radius 1 is 1.33 bits per heavy atom. The van der Waals surface area contributed by atoms with Crippen molar-refractivity contribution in [1.82, 2.24) is 5.43 Å². The summed E-state index contributed by atoms with van der Waals surface area (Å²) in [6.45, 7) is -0.274. The summed E-state index contributed by atoms with van der Waals surface area (Å²) in [5, 5.41) is 22.3. The number of hydrogen-bond acceptors (Lipinski definition) is 6. The predicted molar refractivity (Wildman–Crippen MR) is 87.0 cm³/mol. The van der Waals surface area contributed by atoms with Crippen LogP contribution in [0.4, 0.5) is 0 Å². The number of amides is 1. The number of nitrogens with one attached hydrogen (secondary N) is 1. The van der Waals surface area contributed by atoms with Crippen molar-refractivity contribution < 1.29 is 19.4 Å². The molecule has 1 amide bonds. The van der Waals surface area contributed by atoms with E-state index in [2.05, 4.69) is 10.5 Å². The average molecular weight is 325 g/mol. The maximum absolute atomic E-state index is 11.7. The normalized spacial score (nSPS) is 10.2. The van der Waals surface area contributed by atoms with Gasteiger partial charge in [-0.15, -0.1) is 0 Å². The van der Waals surface area contributed by atoms with Gasteiger partial charge in [0.05, 0.1) is 18.9 Å². The van der Waals surface area contributed by atoms with E-state index < -0.39 is 5.91 Å². The quantitative estimate of drug-likeness (QED) is 0.622. The Morgan fingerprint density at radius 2 is 2.12 bits per heavy atom. The third-order valence-corrected chi connectivity index (χ3v) is 2.97. The topological polar surface area (TPSA) is 104 Å². The van der Waals surface area contributed by atoms with E-state index in [0.29, 0.717) is 22.6 Å². The second kappa shape index (κ2) is 8.19. The number of phenolic OH excluding ortho intramolecular Hbond substituents is 1. The van der Waals surface area contributed by atoms with Gasteiger partial charge in [0.1, 0.15) is 11.8 Å². The van der Waals surface area contributed by atoms with Gasteiger partial charge in [-0.1, -0.05) is 12.1 Å². The molecule has 0 aromatic heterocycles. The number of hydrazone groups is 1. The van der Waals surface area contributed by atoms with E-state index in [4.69, 9.17) is 14.7 Å². The number of nitriles is 1. The van der Waals surface area contributed by atoms with Crippen molar-refractivity contribution >= 4 is 12.1 Å². The number of carbonyl (C=O) groups excluding carboxylic acids is 1. The van der Waals surface area contributed by atoms with Crippen molar-refractivity contribution in [2.75, 3.05) is 13.7 Å². The van der Waals surface area contributed by atoms with Gasteiger partial charge in [0.2, 0.25) is 0 Å². The van der Waals surface area contributed by atoms with Crippen LogP contribution >= 0.6 is 0 Å². The van der Waals surface area contributed by atoms with Crippen molar-refractivity contribution in [3.8, 4) is 23.3 Å². The fraction of sp³-hybridized carbons (Fsp3) is 0.118. The lowest BCUT2D eigenvalue weighted by molar-refractivity contribution is -0.123. The number of methoxy groups -OCH3 is 1. The first-order valence-electron chi connectivity index (χ1n) is 6.95. The van der Waals surface area contributed by atoms with Gasteiger partial charge in [-0.05, 0) is 35.9 Å².